The normalized spacial score (nSPS) is 16.3. The molecule has 2 atom stereocenters. The van der Waals surface area contributed by atoms with Gasteiger partial charge in [0.2, 0.25) is 0 Å². The first kappa shape index (κ1) is 21.9. The predicted octanol–water partition coefficient (Wildman–Crippen LogP) is 5.97. The van der Waals surface area contributed by atoms with E-state index in [1.54, 1.807) is 7.11 Å². The Balaban J connectivity index is 1.40. The highest BCUT2D eigenvalue weighted by Gasteiger charge is 2.25. The van der Waals surface area contributed by atoms with Crippen LogP contribution in [0.5, 0.6) is 5.75 Å². The minimum absolute atomic E-state index is 0.0140. The van der Waals surface area contributed by atoms with Gasteiger partial charge in [-0.3, -0.25) is 0 Å². The molecule has 0 saturated heterocycles. The van der Waals surface area contributed by atoms with Crippen molar-refractivity contribution in [1.29, 1.82) is 0 Å². The van der Waals surface area contributed by atoms with Gasteiger partial charge in [-0.25, -0.2) is 0 Å². The second-order valence-electron chi connectivity index (χ2n) is 8.17. The van der Waals surface area contributed by atoms with Crippen LogP contribution in [0.15, 0.2) is 77.7 Å². The number of hydrogen-bond acceptors (Lipinski definition) is 4. The smallest absolute Gasteiger partial charge is 0.118 e. The van der Waals surface area contributed by atoms with Gasteiger partial charge in [-0.2, -0.15) is 0 Å². The molecule has 0 N–H and O–H groups in total. The minimum Gasteiger partial charge on any atom is -0.497 e. The maximum Gasteiger partial charge on any atom is 0.118 e. The summed E-state index contributed by atoms with van der Waals surface area (Å²) in [5.74, 6) is 1.89. The standard InChI is InChI=1S/C27H31NO2S/c1-20(28(2)17-16-21-12-14-23(29-3)15-13-21)18-30-27-24-9-5-4-8-22(24)19-31-26-11-7-6-10-25(26)27/h4-15,20,27H,16-19H2,1-3H3/t20-,27-/m0/s1. The zero-order chi connectivity index (χ0) is 21.6. The van der Waals surface area contributed by atoms with Crippen LogP contribution in [0.4, 0.5) is 0 Å². The summed E-state index contributed by atoms with van der Waals surface area (Å²) in [5.41, 5.74) is 5.28. The molecule has 3 nitrogen and oxygen atoms in total. The van der Waals surface area contributed by atoms with E-state index in [4.69, 9.17) is 9.47 Å². The van der Waals surface area contributed by atoms with Gasteiger partial charge in [0.05, 0.1) is 13.7 Å². The van der Waals surface area contributed by atoms with E-state index < -0.39 is 0 Å². The predicted molar refractivity (Wildman–Crippen MR) is 129 cm³/mol. The highest BCUT2D eigenvalue weighted by Crippen LogP contribution is 2.41. The molecule has 1 aliphatic heterocycles. The third-order valence-corrected chi connectivity index (χ3v) is 7.23. The Labute approximate surface area is 190 Å². The van der Waals surface area contributed by atoms with E-state index >= 15 is 0 Å². The third kappa shape index (κ3) is 5.32. The Morgan fingerprint density at radius 3 is 2.45 bits per heavy atom. The van der Waals surface area contributed by atoms with Crippen molar-refractivity contribution in [3.8, 4) is 5.75 Å². The summed E-state index contributed by atoms with van der Waals surface area (Å²) in [7, 11) is 3.89. The maximum absolute atomic E-state index is 6.61. The van der Waals surface area contributed by atoms with Crippen molar-refractivity contribution in [2.24, 2.45) is 0 Å². The lowest BCUT2D eigenvalue weighted by Gasteiger charge is -2.28. The largest absolute Gasteiger partial charge is 0.497 e. The van der Waals surface area contributed by atoms with E-state index in [9.17, 15) is 0 Å². The van der Waals surface area contributed by atoms with Gasteiger partial charge in [0.25, 0.3) is 0 Å². The van der Waals surface area contributed by atoms with Crippen molar-refractivity contribution in [2.75, 3.05) is 27.3 Å². The molecule has 0 fully saturated rings. The van der Waals surface area contributed by atoms with Gasteiger partial charge >= 0.3 is 0 Å². The van der Waals surface area contributed by atoms with Gasteiger partial charge in [0.1, 0.15) is 11.9 Å². The Kier molecular flexibility index (Phi) is 7.33. The minimum atomic E-state index is -0.0140. The molecule has 0 aromatic heterocycles. The fourth-order valence-corrected chi connectivity index (χ4v) is 5.02. The van der Waals surface area contributed by atoms with Crippen molar-refractivity contribution in [3.63, 3.8) is 0 Å². The molecule has 0 saturated carbocycles. The van der Waals surface area contributed by atoms with Gasteiger partial charge in [0.15, 0.2) is 0 Å². The van der Waals surface area contributed by atoms with E-state index in [0.29, 0.717) is 12.6 Å². The van der Waals surface area contributed by atoms with Crippen LogP contribution in [0.3, 0.4) is 0 Å². The van der Waals surface area contributed by atoms with Crippen LogP contribution in [0.2, 0.25) is 0 Å². The molecule has 4 rings (SSSR count). The first-order valence-corrected chi connectivity index (χ1v) is 11.9. The molecule has 3 aromatic carbocycles. The summed E-state index contributed by atoms with van der Waals surface area (Å²) in [6.07, 6.45) is 0.996. The summed E-state index contributed by atoms with van der Waals surface area (Å²) in [5, 5.41) is 0. The highest BCUT2D eigenvalue weighted by atomic mass is 32.2. The quantitative estimate of drug-likeness (QED) is 0.436. The van der Waals surface area contributed by atoms with Crippen LogP contribution in [0.1, 0.15) is 35.3 Å². The summed E-state index contributed by atoms with van der Waals surface area (Å²) in [4.78, 5) is 3.71. The molecule has 0 spiro atoms. The summed E-state index contributed by atoms with van der Waals surface area (Å²) >= 11 is 1.91. The summed E-state index contributed by atoms with van der Waals surface area (Å²) in [6.45, 7) is 3.93. The van der Waals surface area contributed by atoms with Crippen LogP contribution >= 0.6 is 11.8 Å². The van der Waals surface area contributed by atoms with E-state index in [2.05, 4.69) is 79.5 Å². The average Bonchev–Trinajstić information content (AvgIpc) is 2.98. The number of rotatable bonds is 8. The summed E-state index contributed by atoms with van der Waals surface area (Å²) in [6, 6.07) is 26.0. The van der Waals surface area contributed by atoms with Crippen molar-refractivity contribution in [2.45, 2.75) is 36.1 Å². The number of thioether (sulfide) groups is 1. The van der Waals surface area contributed by atoms with Crippen molar-refractivity contribution in [1.82, 2.24) is 4.90 Å². The monoisotopic (exact) mass is 433 g/mol. The molecule has 0 amide bonds. The van der Waals surface area contributed by atoms with E-state index in [-0.39, 0.29) is 6.10 Å². The van der Waals surface area contributed by atoms with Crippen molar-refractivity contribution >= 4 is 11.8 Å². The molecule has 4 heteroatoms. The fraction of sp³-hybridized carbons (Fsp3) is 0.333. The molecular formula is C27H31NO2S. The van der Waals surface area contributed by atoms with E-state index in [1.807, 2.05) is 23.9 Å². The number of hydrogen-bond donors (Lipinski definition) is 0. The Morgan fingerprint density at radius 1 is 0.968 bits per heavy atom. The third-order valence-electron chi connectivity index (χ3n) is 6.09. The van der Waals surface area contributed by atoms with Gasteiger partial charge in [0, 0.05) is 23.2 Å². The second kappa shape index (κ2) is 10.4. The highest BCUT2D eigenvalue weighted by molar-refractivity contribution is 7.98. The summed E-state index contributed by atoms with van der Waals surface area (Å²) < 4.78 is 11.9. The SMILES string of the molecule is COc1ccc(CCN(C)[C@@H](C)CO[C@H]2c3ccccc3CSc3ccccc32)cc1. The van der Waals surface area contributed by atoms with E-state index in [0.717, 1.165) is 24.5 Å². The fourth-order valence-electron chi connectivity index (χ4n) is 3.93. The van der Waals surface area contributed by atoms with Crippen LogP contribution < -0.4 is 4.74 Å². The van der Waals surface area contributed by atoms with Crippen molar-refractivity contribution < 1.29 is 9.47 Å². The number of nitrogens with zero attached hydrogens (tertiary/aromatic N) is 1. The molecule has 0 bridgehead atoms. The molecule has 162 valence electrons. The first-order chi connectivity index (χ1) is 15.2. The molecule has 0 unspecified atom stereocenters. The molecule has 3 aromatic rings. The van der Waals surface area contributed by atoms with Gasteiger partial charge in [-0.05, 0) is 60.8 Å². The number of benzene rings is 3. The Bertz CT molecular complexity index is 941. The number of fused-ring (bicyclic) bond motifs is 2. The van der Waals surface area contributed by atoms with E-state index in [1.165, 1.54) is 27.1 Å². The van der Waals surface area contributed by atoms with Gasteiger partial charge in [-0.15, -0.1) is 11.8 Å². The Morgan fingerprint density at radius 2 is 1.68 bits per heavy atom. The van der Waals surface area contributed by atoms with Crippen molar-refractivity contribution in [3.05, 3.63) is 95.1 Å². The topological polar surface area (TPSA) is 21.7 Å². The number of methoxy groups -OCH3 is 1. The van der Waals surface area contributed by atoms with Crippen LogP contribution in [-0.2, 0) is 16.9 Å². The first-order valence-electron chi connectivity index (χ1n) is 10.9. The number of ether oxygens (including phenoxy) is 2. The van der Waals surface area contributed by atoms with Gasteiger partial charge in [-0.1, -0.05) is 54.6 Å². The molecule has 1 aliphatic rings. The maximum atomic E-state index is 6.61. The average molecular weight is 434 g/mol. The Hall–Kier alpha value is -2.27. The molecule has 31 heavy (non-hydrogen) atoms. The van der Waals surface area contributed by atoms with Crippen LogP contribution in [0.25, 0.3) is 0 Å². The molecule has 1 heterocycles. The van der Waals surface area contributed by atoms with Crippen LogP contribution in [0, 0.1) is 0 Å². The lowest BCUT2D eigenvalue weighted by atomic mass is 9.97. The molecule has 0 radical (unpaired) electrons. The zero-order valence-electron chi connectivity index (χ0n) is 18.6. The molecular weight excluding hydrogens is 402 g/mol. The second-order valence-corrected chi connectivity index (χ2v) is 9.18. The van der Waals surface area contributed by atoms with Crippen LogP contribution in [-0.4, -0.2) is 38.3 Å². The molecule has 0 aliphatic carbocycles. The van der Waals surface area contributed by atoms with Gasteiger partial charge < -0.3 is 14.4 Å². The lowest BCUT2D eigenvalue weighted by Crippen LogP contribution is -2.35. The lowest BCUT2D eigenvalue weighted by molar-refractivity contribution is 0.0369. The number of likely N-dealkylation sites (N-methyl/N-ethyl adjacent to an activating group) is 1. The zero-order valence-corrected chi connectivity index (χ0v) is 19.4.